The molecule has 4 aromatic rings. The monoisotopic (exact) mass is 704 g/mol. The molecule has 0 spiro atoms. The maximum Gasteiger partial charge on any atom is 0.252 e. The van der Waals surface area contributed by atoms with Crippen LogP contribution in [0.1, 0.15) is 95.7 Å². The number of hydrogen-bond donors (Lipinski definition) is 2. The second-order valence-electron chi connectivity index (χ2n) is 14.9. The van der Waals surface area contributed by atoms with Gasteiger partial charge in [-0.25, -0.2) is 18.7 Å². The van der Waals surface area contributed by atoms with E-state index in [-0.39, 0.29) is 47.1 Å². The molecule has 7 rings (SSSR count). The normalized spacial score (nSPS) is 21.8. The maximum absolute atomic E-state index is 15.4. The fourth-order valence-electron chi connectivity index (χ4n) is 7.89. The van der Waals surface area contributed by atoms with E-state index in [1.54, 1.807) is 19.4 Å². The van der Waals surface area contributed by atoms with E-state index >= 15 is 8.78 Å². The first-order valence-electron chi connectivity index (χ1n) is 17.4. The van der Waals surface area contributed by atoms with Crippen LogP contribution in [0.25, 0.3) is 22.3 Å². The molecule has 1 aromatic carbocycles. The molecule has 0 unspecified atom stereocenters. The lowest BCUT2D eigenvalue weighted by Gasteiger charge is -2.55. The number of piperidine rings is 1. The van der Waals surface area contributed by atoms with Crippen LogP contribution >= 0.6 is 11.6 Å². The van der Waals surface area contributed by atoms with Gasteiger partial charge in [-0.15, -0.1) is 0 Å². The van der Waals surface area contributed by atoms with E-state index in [2.05, 4.69) is 27.4 Å². The molecule has 2 fully saturated rings. The van der Waals surface area contributed by atoms with E-state index in [9.17, 15) is 9.59 Å². The van der Waals surface area contributed by atoms with Crippen molar-refractivity contribution in [2.24, 2.45) is 0 Å². The fourth-order valence-corrected chi connectivity index (χ4v) is 8.12. The van der Waals surface area contributed by atoms with Gasteiger partial charge in [0.15, 0.2) is 17.5 Å². The Bertz CT molecular complexity index is 2020. The molecular formula is C37H43ClF2N8O2. The van der Waals surface area contributed by atoms with Gasteiger partial charge in [0.1, 0.15) is 5.52 Å². The van der Waals surface area contributed by atoms with Gasteiger partial charge in [0.25, 0.3) is 5.91 Å². The second-order valence-corrected chi connectivity index (χ2v) is 15.2. The Hall–Kier alpha value is -4.16. The highest BCUT2D eigenvalue weighted by Crippen LogP contribution is 2.50. The van der Waals surface area contributed by atoms with Crippen LogP contribution in [0.3, 0.4) is 0 Å². The molecule has 1 saturated carbocycles. The zero-order chi connectivity index (χ0) is 35.7. The highest BCUT2D eigenvalue weighted by atomic mass is 35.5. The van der Waals surface area contributed by atoms with Crippen LogP contribution in [0.5, 0.6) is 0 Å². The molecule has 1 aliphatic carbocycles. The van der Waals surface area contributed by atoms with E-state index in [0.29, 0.717) is 22.3 Å². The lowest BCUT2D eigenvalue weighted by Crippen LogP contribution is -2.64. The molecule has 3 aromatic heterocycles. The summed E-state index contributed by atoms with van der Waals surface area (Å²) in [7, 11) is 0. The maximum atomic E-state index is 15.4. The number of carbonyl (C=O) groups excluding carboxylic acids is 2. The van der Waals surface area contributed by atoms with E-state index < -0.39 is 28.0 Å². The molecule has 5 heterocycles. The van der Waals surface area contributed by atoms with Gasteiger partial charge < -0.3 is 20.1 Å². The number of anilines is 3. The SMILES string of the molecule is CCNC(=O)c1cc(Nc2nc(-c3cnc4c(c3)N(C3CC(C)(N5CCCCC5)C3)C(=O)C4(C)C)cc3ncn(C(C)C)c23)c(F)c(F)c1Cl. The molecule has 2 amide bonds. The van der Waals surface area contributed by atoms with Crippen LogP contribution in [0.2, 0.25) is 5.02 Å². The number of pyridine rings is 2. The zero-order valence-electron chi connectivity index (χ0n) is 29.3. The lowest BCUT2D eigenvalue weighted by molar-refractivity contribution is -0.123. The predicted octanol–water partition coefficient (Wildman–Crippen LogP) is 7.53. The Kier molecular flexibility index (Phi) is 8.61. The number of nitrogens with zero attached hydrogens (tertiary/aromatic N) is 6. The van der Waals surface area contributed by atoms with Gasteiger partial charge in [-0.05, 0) is 98.5 Å². The molecule has 3 aliphatic rings. The second kappa shape index (κ2) is 12.6. The molecule has 0 atom stereocenters. The van der Waals surface area contributed by atoms with Crippen LogP contribution in [0, 0.1) is 11.6 Å². The third-order valence-corrected chi connectivity index (χ3v) is 11.1. The summed E-state index contributed by atoms with van der Waals surface area (Å²) in [4.78, 5) is 45.6. The number of likely N-dealkylation sites (tertiary alicyclic amines) is 1. The Labute approximate surface area is 295 Å². The lowest BCUT2D eigenvalue weighted by atomic mass is 9.71. The first kappa shape index (κ1) is 34.3. The highest BCUT2D eigenvalue weighted by molar-refractivity contribution is 6.34. The van der Waals surface area contributed by atoms with E-state index in [0.717, 1.165) is 37.3 Å². The molecule has 10 nitrogen and oxygen atoms in total. The number of hydrogen-bond acceptors (Lipinski definition) is 7. The summed E-state index contributed by atoms with van der Waals surface area (Å²) < 4.78 is 32.4. The largest absolute Gasteiger partial charge is 0.352 e. The minimum absolute atomic E-state index is 0.0347. The quantitative estimate of drug-likeness (QED) is 0.183. The first-order valence-corrected chi connectivity index (χ1v) is 17.8. The molecular weight excluding hydrogens is 662 g/mol. The summed E-state index contributed by atoms with van der Waals surface area (Å²) in [6.45, 7) is 14.3. The molecule has 0 bridgehead atoms. The van der Waals surface area contributed by atoms with Crippen LogP contribution in [0.4, 0.5) is 26.0 Å². The molecule has 2 aliphatic heterocycles. The van der Waals surface area contributed by atoms with Crippen LogP contribution < -0.4 is 15.5 Å². The third-order valence-electron chi connectivity index (χ3n) is 10.7. The van der Waals surface area contributed by atoms with E-state index in [1.807, 2.05) is 49.3 Å². The number of carbonyl (C=O) groups is 2. The van der Waals surface area contributed by atoms with Crippen LogP contribution in [0.15, 0.2) is 30.7 Å². The molecule has 13 heteroatoms. The minimum Gasteiger partial charge on any atom is -0.352 e. The van der Waals surface area contributed by atoms with Crippen molar-refractivity contribution in [3.8, 4) is 11.3 Å². The van der Waals surface area contributed by atoms with Crippen molar-refractivity contribution >= 4 is 51.6 Å². The van der Waals surface area contributed by atoms with Gasteiger partial charge in [0.2, 0.25) is 5.91 Å². The van der Waals surface area contributed by atoms with E-state index in [1.165, 1.54) is 25.3 Å². The summed E-state index contributed by atoms with van der Waals surface area (Å²) >= 11 is 6.06. The van der Waals surface area contributed by atoms with Crippen molar-refractivity contribution < 1.29 is 18.4 Å². The molecule has 50 heavy (non-hydrogen) atoms. The standard InChI is InChI=1S/C37H43ClF2N8O2/c1-7-41-34(49)23-14-25(29(39)30(40)28(23)38)45-33-31-26(43-19-47(31)20(2)3)15-24(44-33)21-13-27-32(42-18-21)36(4,5)35(50)48(27)22-16-37(6,17-22)46-11-9-8-10-12-46/h13-15,18-20,22H,7-12,16-17H2,1-6H3,(H,41,49)(H,44,45). The van der Waals surface area contributed by atoms with E-state index in [4.69, 9.17) is 21.6 Å². The van der Waals surface area contributed by atoms with Gasteiger partial charge in [-0.2, -0.15) is 0 Å². The third kappa shape index (κ3) is 5.51. The average molecular weight is 705 g/mol. The zero-order valence-corrected chi connectivity index (χ0v) is 30.1. The van der Waals surface area contributed by atoms with Gasteiger partial charge in [0.05, 0.1) is 50.6 Å². The summed E-state index contributed by atoms with van der Waals surface area (Å²) in [6.07, 6.45) is 8.85. The van der Waals surface area contributed by atoms with Crippen LogP contribution in [-0.2, 0) is 10.2 Å². The van der Waals surface area contributed by atoms with Crippen molar-refractivity contribution in [2.45, 2.75) is 96.7 Å². The number of imidazole rings is 1. The number of benzene rings is 1. The Balaban J connectivity index is 1.29. The van der Waals surface area contributed by atoms with Crippen molar-refractivity contribution in [1.29, 1.82) is 0 Å². The minimum atomic E-state index is -1.34. The highest BCUT2D eigenvalue weighted by Gasteiger charge is 2.54. The Morgan fingerprint density at radius 3 is 2.46 bits per heavy atom. The van der Waals surface area contributed by atoms with Gasteiger partial charge in [0, 0.05) is 35.9 Å². The molecule has 0 radical (unpaired) electrons. The summed E-state index contributed by atoms with van der Waals surface area (Å²) in [5.74, 6) is -2.98. The summed E-state index contributed by atoms with van der Waals surface area (Å²) in [5.41, 5.74) is 2.51. The van der Waals surface area contributed by atoms with Crippen molar-refractivity contribution in [2.75, 3.05) is 29.9 Å². The number of amides is 2. The number of halogens is 3. The van der Waals surface area contributed by atoms with Crippen molar-refractivity contribution in [3.63, 3.8) is 0 Å². The smallest absolute Gasteiger partial charge is 0.252 e. The molecule has 2 N–H and O–H groups in total. The fraction of sp³-hybridized carbons (Fsp3) is 0.486. The molecule has 1 saturated heterocycles. The first-order chi connectivity index (χ1) is 23.7. The Morgan fingerprint density at radius 1 is 1.06 bits per heavy atom. The summed E-state index contributed by atoms with van der Waals surface area (Å²) in [6, 6.07) is 4.99. The van der Waals surface area contributed by atoms with Gasteiger partial charge in [-0.3, -0.25) is 19.5 Å². The van der Waals surface area contributed by atoms with Gasteiger partial charge in [-0.1, -0.05) is 18.0 Å². The average Bonchev–Trinajstić information content (AvgIpc) is 3.60. The predicted molar refractivity (Wildman–Crippen MR) is 191 cm³/mol. The number of rotatable bonds is 8. The van der Waals surface area contributed by atoms with Gasteiger partial charge >= 0.3 is 0 Å². The van der Waals surface area contributed by atoms with Crippen molar-refractivity contribution in [1.82, 2.24) is 29.7 Å². The molecule has 264 valence electrons. The summed E-state index contributed by atoms with van der Waals surface area (Å²) in [5, 5.41) is 4.93. The number of nitrogens with one attached hydrogen (secondary N) is 2. The van der Waals surface area contributed by atoms with Crippen molar-refractivity contribution in [3.05, 3.63) is 58.6 Å². The Morgan fingerprint density at radius 2 is 1.78 bits per heavy atom. The topological polar surface area (TPSA) is 108 Å². The van der Waals surface area contributed by atoms with Crippen LogP contribution in [-0.4, -0.2) is 67.4 Å². The number of fused-ring (bicyclic) bond motifs is 2. The number of aromatic nitrogens is 4.